The Labute approximate surface area is 120 Å². The van der Waals surface area contributed by atoms with Crippen LogP contribution in [-0.4, -0.2) is 26.9 Å². The second-order valence-electron chi connectivity index (χ2n) is 4.66. The van der Waals surface area contributed by atoms with E-state index in [1.807, 2.05) is 25.1 Å². The summed E-state index contributed by atoms with van der Waals surface area (Å²) in [5.41, 5.74) is 1.73. The molecular formula is C15H13N3O3. The summed E-state index contributed by atoms with van der Waals surface area (Å²) < 4.78 is 6.12. The zero-order valence-electron chi connectivity index (χ0n) is 11.7. The molecule has 21 heavy (non-hydrogen) atoms. The van der Waals surface area contributed by atoms with Crippen molar-refractivity contribution in [1.82, 2.24) is 14.4 Å². The van der Waals surface area contributed by atoms with Crippen LogP contribution < -0.4 is 5.56 Å². The minimum atomic E-state index is -0.673. The van der Waals surface area contributed by atoms with Gasteiger partial charge in [-0.2, -0.15) is 0 Å². The lowest BCUT2D eigenvalue weighted by Gasteiger charge is -2.06. The van der Waals surface area contributed by atoms with Gasteiger partial charge in [0.1, 0.15) is 17.5 Å². The maximum absolute atomic E-state index is 12.3. The molecule has 0 aliphatic heterocycles. The van der Waals surface area contributed by atoms with Gasteiger partial charge < -0.3 is 4.74 Å². The van der Waals surface area contributed by atoms with E-state index >= 15 is 0 Å². The molecule has 6 heteroatoms. The zero-order chi connectivity index (χ0) is 15.0. The standard InChI is InChI=1S/C15H13N3O3/c1-3-21-15(20)11-7-16-13-10-5-4-9(2)6-12(10)17-8-18(13)14(11)19/h4-8H,3H2,1-2H3. The van der Waals surface area contributed by atoms with Gasteiger partial charge in [-0.3, -0.25) is 4.79 Å². The molecule has 3 aromatic rings. The number of aryl methyl sites for hydroxylation is 1. The highest BCUT2D eigenvalue weighted by molar-refractivity contribution is 5.93. The zero-order valence-corrected chi connectivity index (χ0v) is 11.7. The first kappa shape index (κ1) is 13.2. The highest BCUT2D eigenvalue weighted by Crippen LogP contribution is 2.16. The minimum Gasteiger partial charge on any atom is -0.462 e. The first-order valence-corrected chi connectivity index (χ1v) is 6.55. The van der Waals surface area contributed by atoms with Crippen LogP contribution in [0.4, 0.5) is 0 Å². The van der Waals surface area contributed by atoms with Crippen molar-refractivity contribution in [2.45, 2.75) is 13.8 Å². The molecule has 0 spiro atoms. The molecule has 0 radical (unpaired) electrons. The third-order valence-electron chi connectivity index (χ3n) is 3.20. The highest BCUT2D eigenvalue weighted by atomic mass is 16.5. The van der Waals surface area contributed by atoms with Gasteiger partial charge in [-0.25, -0.2) is 19.2 Å². The SMILES string of the molecule is CCOC(=O)c1cnc2c3ccc(C)cc3ncn2c1=O. The summed E-state index contributed by atoms with van der Waals surface area (Å²) in [6, 6.07) is 5.71. The summed E-state index contributed by atoms with van der Waals surface area (Å²) >= 11 is 0. The number of ether oxygens (including phenoxy) is 1. The average Bonchev–Trinajstić information content (AvgIpc) is 2.47. The average molecular weight is 283 g/mol. The lowest BCUT2D eigenvalue weighted by molar-refractivity contribution is 0.0523. The van der Waals surface area contributed by atoms with E-state index in [1.54, 1.807) is 6.92 Å². The summed E-state index contributed by atoms with van der Waals surface area (Å²) in [7, 11) is 0. The Bertz CT molecular complexity index is 915. The number of fused-ring (bicyclic) bond motifs is 3. The maximum Gasteiger partial charge on any atom is 0.345 e. The monoisotopic (exact) mass is 283 g/mol. The molecule has 3 rings (SSSR count). The van der Waals surface area contributed by atoms with Gasteiger partial charge in [0.25, 0.3) is 5.56 Å². The molecule has 106 valence electrons. The predicted molar refractivity (Wildman–Crippen MR) is 77.5 cm³/mol. The summed E-state index contributed by atoms with van der Waals surface area (Å²) in [4.78, 5) is 32.5. The smallest absolute Gasteiger partial charge is 0.345 e. The Morgan fingerprint density at radius 2 is 2.14 bits per heavy atom. The van der Waals surface area contributed by atoms with Crippen LogP contribution in [-0.2, 0) is 4.74 Å². The van der Waals surface area contributed by atoms with Crippen molar-refractivity contribution in [3.8, 4) is 0 Å². The van der Waals surface area contributed by atoms with Crippen LogP contribution in [0.3, 0.4) is 0 Å². The summed E-state index contributed by atoms with van der Waals surface area (Å²) in [6.45, 7) is 3.85. The van der Waals surface area contributed by atoms with Crippen molar-refractivity contribution in [1.29, 1.82) is 0 Å². The molecule has 0 atom stereocenters. The molecule has 2 heterocycles. The first-order chi connectivity index (χ1) is 10.1. The third-order valence-corrected chi connectivity index (χ3v) is 3.20. The Morgan fingerprint density at radius 3 is 2.90 bits per heavy atom. The van der Waals surface area contributed by atoms with E-state index in [4.69, 9.17) is 4.74 Å². The fraction of sp³-hybridized carbons (Fsp3) is 0.200. The van der Waals surface area contributed by atoms with Crippen LogP contribution >= 0.6 is 0 Å². The van der Waals surface area contributed by atoms with Gasteiger partial charge in [0.2, 0.25) is 0 Å². The van der Waals surface area contributed by atoms with E-state index in [-0.39, 0.29) is 12.2 Å². The van der Waals surface area contributed by atoms with Gasteiger partial charge in [0.15, 0.2) is 0 Å². The largest absolute Gasteiger partial charge is 0.462 e. The van der Waals surface area contributed by atoms with Crippen LogP contribution in [0.15, 0.2) is 35.5 Å². The van der Waals surface area contributed by atoms with Gasteiger partial charge >= 0.3 is 5.97 Å². The molecule has 0 unspecified atom stereocenters. The van der Waals surface area contributed by atoms with Crippen molar-refractivity contribution in [2.24, 2.45) is 0 Å². The molecule has 2 aromatic heterocycles. The number of nitrogens with zero attached hydrogens (tertiary/aromatic N) is 3. The number of aromatic nitrogens is 3. The van der Waals surface area contributed by atoms with Crippen molar-refractivity contribution in [2.75, 3.05) is 6.61 Å². The van der Waals surface area contributed by atoms with E-state index in [1.165, 1.54) is 16.9 Å². The summed E-state index contributed by atoms with van der Waals surface area (Å²) in [6.07, 6.45) is 2.64. The molecule has 0 aliphatic carbocycles. The first-order valence-electron chi connectivity index (χ1n) is 6.55. The molecule has 0 amide bonds. The molecule has 0 aliphatic rings. The van der Waals surface area contributed by atoms with Crippen LogP contribution in [0.2, 0.25) is 0 Å². The van der Waals surface area contributed by atoms with Crippen molar-refractivity contribution < 1.29 is 9.53 Å². The predicted octanol–water partition coefficient (Wildman–Crippen LogP) is 1.73. The molecule has 0 bridgehead atoms. The lowest BCUT2D eigenvalue weighted by Crippen LogP contribution is -2.24. The number of carbonyl (C=O) groups excluding carboxylic acids is 1. The van der Waals surface area contributed by atoms with E-state index in [9.17, 15) is 9.59 Å². The Morgan fingerprint density at radius 1 is 1.33 bits per heavy atom. The summed E-state index contributed by atoms with van der Waals surface area (Å²) in [5.74, 6) is -0.673. The van der Waals surface area contributed by atoms with Crippen molar-refractivity contribution >= 4 is 22.5 Å². The maximum atomic E-state index is 12.3. The fourth-order valence-corrected chi connectivity index (χ4v) is 2.18. The summed E-state index contributed by atoms with van der Waals surface area (Å²) in [5, 5.41) is 0.760. The molecule has 0 saturated carbocycles. The van der Waals surface area contributed by atoms with Crippen LogP contribution in [0.1, 0.15) is 22.8 Å². The third kappa shape index (κ3) is 2.14. The number of rotatable bonds is 2. The van der Waals surface area contributed by atoms with Gasteiger partial charge in [-0.05, 0) is 31.5 Å². The van der Waals surface area contributed by atoms with Crippen molar-refractivity contribution in [3.05, 3.63) is 52.2 Å². The highest BCUT2D eigenvalue weighted by Gasteiger charge is 2.15. The lowest BCUT2D eigenvalue weighted by atomic mass is 10.1. The number of carbonyl (C=O) groups is 1. The van der Waals surface area contributed by atoms with E-state index < -0.39 is 11.5 Å². The molecule has 0 saturated heterocycles. The van der Waals surface area contributed by atoms with E-state index in [0.29, 0.717) is 5.65 Å². The second-order valence-corrected chi connectivity index (χ2v) is 4.66. The molecular weight excluding hydrogens is 270 g/mol. The van der Waals surface area contributed by atoms with E-state index in [2.05, 4.69) is 9.97 Å². The second kappa shape index (κ2) is 4.97. The molecule has 0 fully saturated rings. The molecule has 1 aromatic carbocycles. The van der Waals surface area contributed by atoms with Crippen LogP contribution in [0.25, 0.3) is 16.6 Å². The van der Waals surface area contributed by atoms with Crippen LogP contribution in [0.5, 0.6) is 0 Å². The van der Waals surface area contributed by atoms with Gasteiger partial charge in [0, 0.05) is 11.6 Å². The van der Waals surface area contributed by atoms with Crippen LogP contribution in [0, 0.1) is 6.92 Å². The number of esters is 1. The molecule has 0 N–H and O–H groups in total. The quantitative estimate of drug-likeness (QED) is 0.529. The normalized spacial score (nSPS) is 11.0. The van der Waals surface area contributed by atoms with Gasteiger partial charge in [0.05, 0.1) is 12.1 Å². The number of hydrogen-bond donors (Lipinski definition) is 0. The van der Waals surface area contributed by atoms with Gasteiger partial charge in [-0.1, -0.05) is 6.07 Å². The topological polar surface area (TPSA) is 73.6 Å². The number of benzene rings is 1. The molecule has 6 nitrogen and oxygen atoms in total. The van der Waals surface area contributed by atoms with Crippen molar-refractivity contribution in [3.63, 3.8) is 0 Å². The minimum absolute atomic E-state index is 0.0948. The fourth-order valence-electron chi connectivity index (χ4n) is 2.18. The Hall–Kier alpha value is -2.76. The Balaban J connectivity index is 2.31. The van der Waals surface area contributed by atoms with E-state index in [0.717, 1.165) is 16.5 Å². The number of hydrogen-bond acceptors (Lipinski definition) is 5. The van der Waals surface area contributed by atoms with Gasteiger partial charge in [-0.15, -0.1) is 0 Å². The Kier molecular flexibility index (Phi) is 3.13.